The van der Waals surface area contributed by atoms with Gasteiger partial charge in [-0.05, 0) is 17.5 Å². The van der Waals surface area contributed by atoms with Gasteiger partial charge in [-0.3, -0.25) is 9.20 Å². The van der Waals surface area contributed by atoms with Crippen LogP contribution >= 0.6 is 0 Å². The topological polar surface area (TPSA) is 88.6 Å². The first kappa shape index (κ1) is 17.0. The van der Waals surface area contributed by atoms with Crippen LogP contribution < -0.4 is 10.6 Å². The maximum absolute atomic E-state index is 12.2. The predicted octanol–water partition coefficient (Wildman–Crippen LogP) is 2.57. The van der Waals surface area contributed by atoms with E-state index >= 15 is 0 Å². The molecule has 0 aliphatic rings. The van der Waals surface area contributed by atoms with Crippen molar-refractivity contribution in [1.82, 2.24) is 29.3 Å². The minimum absolute atomic E-state index is 0.223. The second kappa shape index (κ2) is 6.39. The third-order valence-corrected chi connectivity index (χ3v) is 4.66. The van der Waals surface area contributed by atoms with E-state index in [1.165, 1.54) is 11.8 Å². The first-order valence-electron chi connectivity index (χ1n) is 8.80. The summed E-state index contributed by atoms with van der Waals surface area (Å²) in [7, 11) is 3.41. The van der Waals surface area contributed by atoms with E-state index < -0.39 is 0 Å². The van der Waals surface area contributed by atoms with Gasteiger partial charge in [0, 0.05) is 32.6 Å². The quantitative estimate of drug-likeness (QED) is 0.582. The Morgan fingerprint density at radius 1 is 1.19 bits per heavy atom. The van der Waals surface area contributed by atoms with E-state index in [0.29, 0.717) is 17.1 Å². The number of fused-ring (bicyclic) bond motifs is 2. The molecule has 4 rings (SSSR count). The fraction of sp³-hybridized carbons (Fsp3) is 0.263. The van der Waals surface area contributed by atoms with Gasteiger partial charge in [0.1, 0.15) is 17.0 Å². The molecule has 0 radical (unpaired) electrons. The van der Waals surface area contributed by atoms with Gasteiger partial charge in [0.2, 0.25) is 0 Å². The molecule has 0 atom stereocenters. The van der Waals surface area contributed by atoms with Crippen LogP contribution in [0.15, 0.2) is 36.8 Å². The van der Waals surface area contributed by atoms with E-state index in [4.69, 9.17) is 4.98 Å². The Hall–Kier alpha value is -3.42. The number of carbonyl (C=O) groups is 1. The fourth-order valence-corrected chi connectivity index (χ4v) is 3.26. The van der Waals surface area contributed by atoms with Crippen LogP contribution in [0.4, 0.5) is 5.82 Å². The predicted molar refractivity (Wildman–Crippen MR) is 104 cm³/mol. The zero-order chi connectivity index (χ0) is 19.1. The summed E-state index contributed by atoms with van der Waals surface area (Å²) in [6.07, 6.45) is 5.25. The Labute approximate surface area is 156 Å². The van der Waals surface area contributed by atoms with Crippen molar-refractivity contribution in [3.8, 4) is 11.4 Å². The first-order chi connectivity index (χ1) is 13.0. The molecule has 27 heavy (non-hydrogen) atoms. The van der Waals surface area contributed by atoms with Gasteiger partial charge in [-0.2, -0.15) is 9.61 Å². The van der Waals surface area contributed by atoms with Crippen LogP contribution in [-0.2, 0) is 0 Å². The number of hydrogen-bond acceptors (Lipinski definition) is 5. The summed E-state index contributed by atoms with van der Waals surface area (Å²) in [6, 6.07) is 6.04. The fourth-order valence-electron chi connectivity index (χ4n) is 3.26. The van der Waals surface area contributed by atoms with Crippen molar-refractivity contribution in [2.24, 2.45) is 0 Å². The third kappa shape index (κ3) is 2.61. The number of nitrogens with zero attached hydrogens (tertiary/aromatic N) is 5. The van der Waals surface area contributed by atoms with E-state index in [9.17, 15) is 4.79 Å². The second-order valence-electron chi connectivity index (χ2n) is 6.60. The highest BCUT2D eigenvalue weighted by molar-refractivity contribution is 6.00. The summed E-state index contributed by atoms with van der Waals surface area (Å²) in [5, 5.41) is 10.1. The molecule has 0 unspecified atom stereocenters. The molecule has 0 fully saturated rings. The Morgan fingerprint density at radius 2 is 2.00 bits per heavy atom. The number of carbonyl (C=O) groups excluding carboxylic acids is 1. The Balaban J connectivity index is 1.99. The van der Waals surface area contributed by atoms with Crippen LogP contribution in [0.25, 0.3) is 22.7 Å². The zero-order valence-electron chi connectivity index (χ0n) is 15.7. The number of aromatic nitrogens is 5. The standard InChI is InChI=1S/C19H21N7O/c1-11(2)12-5-6-15(25-8-7-22-17(12)25)14-9-16(20-3)26-18(24-14)13(10-23-26)19(27)21-4/h5-11,20H,1-4H3,(H,21,27). The van der Waals surface area contributed by atoms with Crippen LogP contribution in [0.2, 0.25) is 0 Å². The van der Waals surface area contributed by atoms with Crippen molar-refractivity contribution in [1.29, 1.82) is 0 Å². The molecule has 4 heterocycles. The number of rotatable bonds is 4. The number of imidazole rings is 1. The largest absolute Gasteiger partial charge is 0.373 e. The van der Waals surface area contributed by atoms with Crippen molar-refractivity contribution in [3.05, 3.63) is 47.9 Å². The molecule has 4 aromatic heterocycles. The first-order valence-corrected chi connectivity index (χ1v) is 8.80. The number of hydrogen-bond donors (Lipinski definition) is 2. The van der Waals surface area contributed by atoms with Gasteiger partial charge >= 0.3 is 0 Å². The molecular formula is C19H21N7O. The molecule has 1 amide bonds. The maximum Gasteiger partial charge on any atom is 0.256 e. The van der Waals surface area contributed by atoms with Gasteiger partial charge in [-0.25, -0.2) is 9.97 Å². The Bertz CT molecular complexity index is 1160. The molecule has 8 nitrogen and oxygen atoms in total. The molecule has 4 aromatic rings. The molecule has 0 aliphatic heterocycles. The summed E-state index contributed by atoms with van der Waals surface area (Å²) in [4.78, 5) is 21.4. The number of pyridine rings is 1. The van der Waals surface area contributed by atoms with Crippen LogP contribution in [0.5, 0.6) is 0 Å². The van der Waals surface area contributed by atoms with E-state index in [2.05, 4.69) is 40.6 Å². The lowest BCUT2D eigenvalue weighted by Gasteiger charge is -2.13. The molecule has 138 valence electrons. The SMILES string of the molecule is CNC(=O)c1cnn2c(NC)cc(-c3ccc(C(C)C)c4nccn34)nc12. The molecule has 2 N–H and O–H groups in total. The van der Waals surface area contributed by atoms with Gasteiger partial charge in [0.05, 0.1) is 17.6 Å². The lowest BCUT2D eigenvalue weighted by Crippen LogP contribution is -2.18. The smallest absolute Gasteiger partial charge is 0.256 e. The normalized spacial score (nSPS) is 11.4. The van der Waals surface area contributed by atoms with Crippen molar-refractivity contribution in [2.45, 2.75) is 19.8 Å². The van der Waals surface area contributed by atoms with Gasteiger partial charge in [-0.1, -0.05) is 19.9 Å². The summed E-state index contributed by atoms with van der Waals surface area (Å²) in [5.41, 5.74) is 4.64. The van der Waals surface area contributed by atoms with Gasteiger partial charge < -0.3 is 10.6 Å². The molecule has 0 aliphatic carbocycles. The summed E-state index contributed by atoms with van der Waals surface area (Å²) in [5.74, 6) is 0.882. The highest BCUT2D eigenvalue weighted by Crippen LogP contribution is 2.28. The van der Waals surface area contributed by atoms with E-state index in [-0.39, 0.29) is 5.91 Å². The highest BCUT2D eigenvalue weighted by Gasteiger charge is 2.18. The van der Waals surface area contributed by atoms with Crippen molar-refractivity contribution < 1.29 is 4.79 Å². The summed E-state index contributed by atoms with van der Waals surface area (Å²) < 4.78 is 3.66. The van der Waals surface area contributed by atoms with Crippen LogP contribution in [0.1, 0.15) is 35.7 Å². The average molecular weight is 363 g/mol. The van der Waals surface area contributed by atoms with E-state index in [1.54, 1.807) is 17.8 Å². The molecule has 0 bridgehead atoms. The minimum Gasteiger partial charge on any atom is -0.373 e. The second-order valence-corrected chi connectivity index (χ2v) is 6.60. The van der Waals surface area contributed by atoms with Crippen LogP contribution in [0, 0.1) is 0 Å². The van der Waals surface area contributed by atoms with Gasteiger partial charge in [0.15, 0.2) is 5.65 Å². The number of anilines is 1. The summed E-state index contributed by atoms with van der Waals surface area (Å²) >= 11 is 0. The average Bonchev–Trinajstić information content (AvgIpc) is 3.32. The van der Waals surface area contributed by atoms with Crippen molar-refractivity contribution >= 4 is 23.0 Å². The molecule has 0 aromatic carbocycles. The molecule has 8 heteroatoms. The van der Waals surface area contributed by atoms with Gasteiger partial charge in [0.25, 0.3) is 5.91 Å². The van der Waals surface area contributed by atoms with Crippen LogP contribution in [-0.4, -0.2) is 44.0 Å². The molecule has 0 saturated carbocycles. The zero-order valence-corrected chi connectivity index (χ0v) is 15.7. The lowest BCUT2D eigenvalue weighted by molar-refractivity contribution is 0.0964. The van der Waals surface area contributed by atoms with E-state index in [0.717, 1.165) is 22.9 Å². The molecule has 0 spiro atoms. The number of nitrogens with one attached hydrogen (secondary N) is 2. The van der Waals surface area contributed by atoms with Crippen LogP contribution in [0.3, 0.4) is 0 Å². The maximum atomic E-state index is 12.2. The third-order valence-electron chi connectivity index (χ3n) is 4.66. The van der Waals surface area contributed by atoms with Crippen molar-refractivity contribution in [3.63, 3.8) is 0 Å². The molecular weight excluding hydrogens is 342 g/mol. The Morgan fingerprint density at radius 3 is 2.70 bits per heavy atom. The monoisotopic (exact) mass is 363 g/mol. The van der Waals surface area contributed by atoms with Gasteiger partial charge in [-0.15, -0.1) is 0 Å². The van der Waals surface area contributed by atoms with Crippen molar-refractivity contribution in [2.75, 3.05) is 19.4 Å². The Kier molecular flexibility index (Phi) is 4.02. The summed E-state index contributed by atoms with van der Waals surface area (Å²) in [6.45, 7) is 4.30. The lowest BCUT2D eigenvalue weighted by atomic mass is 10.0. The number of amides is 1. The highest BCUT2D eigenvalue weighted by atomic mass is 16.1. The molecule has 0 saturated heterocycles. The minimum atomic E-state index is -0.223. The van der Waals surface area contributed by atoms with E-state index in [1.807, 2.05) is 29.8 Å².